The van der Waals surface area contributed by atoms with Crippen molar-refractivity contribution in [2.45, 2.75) is 45.0 Å². The third-order valence-corrected chi connectivity index (χ3v) is 3.60. The van der Waals surface area contributed by atoms with Crippen LogP contribution in [0.2, 0.25) is 0 Å². The Bertz CT molecular complexity index is 689. The summed E-state index contributed by atoms with van der Waals surface area (Å²) in [7, 11) is 0. The number of carboxylic acid groups (broad SMARTS) is 1. The number of amides is 1. The molecule has 2 rings (SSSR count). The minimum atomic E-state index is -1.49. The van der Waals surface area contributed by atoms with E-state index in [0.29, 0.717) is 0 Å². The predicted molar refractivity (Wildman–Crippen MR) is 80.3 cm³/mol. The molecule has 1 aliphatic rings. The molecule has 9 heteroatoms. The van der Waals surface area contributed by atoms with Gasteiger partial charge in [0.25, 0.3) is 0 Å². The maximum Gasteiger partial charge on any atom is 0.410 e. The van der Waals surface area contributed by atoms with Crippen molar-refractivity contribution in [1.29, 1.82) is 5.26 Å². The number of piperidine rings is 1. The molecular weight excluding hydrogens is 319 g/mol. The van der Waals surface area contributed by atoms with Crippen LogP contribution >= 0.6 is 0 Å². The van der Waals surface area contributed by atoms with Gasteiger partial charge in [-0.2, -0.15) is 10.4 Å². The Kier molecular flexibility index (Phi) is 4.78. The number of hydrogen-bond acceptors (Lipinski definition) is 5. The number of hydrogen-bond donors (Lipinski definition) is 1. The van der Waals surface area contributed by atoms with Gasteiger partial charge in [-0.05, 0) is 27.2 Å². The molecule has 1 aromatic heterocycles. The molecule has 0 spiro atoms. The van der Waals surface area contributed by atoms with Crippen LogP contribution in [0.15, 0.2) is 6.20 Å². The summed E-state index contributed by atoms with van der Waals surface area (Å²) in [6.45, 7) is 5.20. The normalized spacial score (nSPS) is 21.2. The molecule has 8 nitrogen and oxygen atoms in total. The largest absolute Gasteiger partial charge is 0.478 e. The molecule has 2 heterocycles. The van der Waals surface area contributed by atoms with Gasteiger partial charge in [-0.25, -0.2) is 18.7 Å². The van der Waals surface area contributed by atoms with E-state index >= 15 is 0 Å². The Hall–Kier alpha value is -2.63. The molecule has 1 fully saturated rings. The van der Waals surface area contributed by atoms with E-state index in [1.165, 1.54) is 4.90 Å². The molecule has 1 saturated heterocycles. The van der Waals surface area contributed by atoms with Gasteiger partial charge in [-0.3, -0.25) is 0 Å². The number of likely N-dealkylation sites (tertiary alicyclic amines) is 1. The van der Waals surface area contributed by atoms with Crippen LogP contribution < -0.4 is 0 Å². The van der Waals surface area contributed by atoms with Crippen LogP contribution in [0.1, 0.15) is 49.3 Å². The van der Waals surface area contributed by atoms with Crippen molar-refractivity contribution in [3.8, 4) is 6.07 Å². The number of nitrogens with zero attached hydrogens (tertiary/aromatic N) is 4. The van der Waals surface area contributed by atoms with E-state index in [9.17, 15) is 14.0 Å². The summed E-state index contributed by atoms with van der Waals surface area (Å²) in [5.41, 5.74) is -1.13. The van der Waals surface area contributed by atoms with E-state index in [1.807, 2.05) is 0 Å². The minimum absolute atomic E-state index is 0.194. The van der Waals surface area contributed by atoms with E-state index in [1.54, 1.807) is 26.8 Å². The van der Waals surface area contributed by atoms with Gasteiger partial charge in [-0.15, -0.1) is 0 Å². The average molecular weight is 338 g/mol. The molecular formula is C15H19FN4O4. The maximum atomic E-state index is 14.5. The van der Waals surface area contributed by atoms with Crippen molar-refractivity contribution < 1.29 is 23.8 Å². The number of carbonyl (C=O) groups is 2. The topological polar surface area (TPSA) is 108 Å². The van der Waals surface area contributed by atoms with Crippen molar-refractivity contribution >= 4 is 12.1 Å². The van der Waals surface area contributed by atoms with Crippen LogP contribution in [0.3, 0.4) is 0 Å². The fourth-order valence-corrected chi connectivity index (χ4v) is 2.54. The SMILES string of the molecule is CC(C)(C)OC(=O)N1CCC(n2ncc(C(=O)O)c2C#N)C(F)C1. The molecule has 0 aromatic carbocycles. The zero-order chi connectivity index (χ0) is 18.1. The minimum Gasteiger partial charge on any atom is -0.478 e. The van der Waals surface area contributed by atoms with Gasteiger partial charge in [0.1, 0.15) is 23.4 Å². The molecule has 1 amide bonds. The van der Waals surface area contributed by atoms with Crippen molar-refractivity contribution in [3.63, 3.8) is 0 Å². The number of aromatic carboxylic acids is 1. The van der Waals surface area contributed by atoms with Gasteiger partial charge in [-0.1, -0.05) is 0 Å². The Morgan fingerprint density at radius 3 is 2.67 bits per heavy atom. The zero-order valence-corrected chi connectivity index (χ0v) is 13.7. The standard InChI is InChI=1S/C15H19FN4O4/c1-15(2,3)24-14(23)19-5-4-11(10(16)8-19)20-12(6-17)9(7-18-20)13(21)22/h7,10-11H,4-5,8H2,1-3H3,(H,21,22). The lowest BCUT2D eigenvalue weighted by Crippen LogP contribution is -2.47. The fourth-order valence-electron chi connectivity index (χ4n) is 2.54. The Balaban J connectivity index is 2.14. The number of carboxylic acids is 1. The van der Waals surface area contributed by atoms with Crippen LogP contribution in [-0.2, 0) is 4.74 Å². The predicted octanol–water partition coefficient (Wildman–Crippen LogP) is 1.97. The maximum absolute atomic E-state index is 14.5. The first-order valence-electron chi connectivity index (χ1n) is 7.47. The summed E-state index contributed by atoms with van der Waals surface area (Å²) in [5, 5.41) is 22.0. The molecule has 1 aromatic rings. The van der Waals surface area contributed by atoms with Crippen molar-refractivity contribution in [2.24, 2.45) is 0 Å². The highest BCUT2D eigenvalue weighted by Gasteiger charge is 2.36. The molecule has 130 valence electrons. The third-order valence-electron chi connectivity index (χ3n) is 3.60. The van der Waals surface area contributed by atoms with E-state index < -0.39 is 29.9 Å². The number of ether oxygens (including phenoxy) is 1. The summed E-state index contributed by atoms with van der Waals surface area (Å²) in [4.78, 5) is 24.3. The highest BCUT2D eigenvalue weighted by molar-refractivity contribution is 5.89. The van der Waals surface area contributed by atoms with Crippen molar-refractivity contribution in [1.82, 2.24) is 14.7 Å². The summed E-state index contributed by atoms with van der Waals surface area (Å²) in [5.74, 6) is -1.29. The Morgan fingerprint density at radius 2 is 2.17 bits per heavy atom. The first-order valence-corrected chi connectivity index (χ1v) is 7.47. The van der Waals surface area contributed by atoms with Gasteiger partial charge < -0.3 is 14.7 Å². The van der Waals surface area contributed by atoms with Gasteiger partial charge in [0.15, 0.2) is 5.69 Å². The highest BCUT2D eigenvalue weighted by Crippen LogP contribution is 2.28. The molecule has 0 aliphatic carbocycles. The highest BCUT2D eigenvalue weighted by atomic mass is 19.1. The lowest BCUT2D eigenvalue weighted by molar-refractivity contribution is 0.00569. The number of rotatable bonds is 2. The van der Waals surface area contributed by atoms with Crippen molar-refractivity contribution in [3.05, 3.63) is 17.5 Å². The Morgan fingerprint density at radius 1 is 1.50 bits per heavy atom. The second-order valence-electron chi connectivity index (χ2n) is 6.57. The van der Waals surface area contributed by atoms with Crippen LogP contribution in [0.4, 0.5) is 9.18 Å². The van der Waals surface area contributed by atoms with E-state index in [4.69, 9.17) is 15.1 Å². The number of alkyl halides is 1. The van der Waals surface area contributed by atoms with E-state index in [-0.39, 0.29) is 30.8 Å². The fraction of sp³-hybridized carbons (Fsp3) is 0.600. The summed E-state index contributed by atoms with van der Waals surface area (Å²) in [6, 6.07) is 0.957. The molecule has 0 saturated carbocycles. The molecule has 0 radical (unpaired) electrons. The van der Waals surface area contributed by atoms with E-state index in [2.05, 4.69) is 5.10 Å². The molecule has 2 atom stereocenters. The van der Waals surface area contributed by atoms with Crippen LogP contribution in [0, 0.1) is 11.3 Å². The number of aromatic nitrogens is 2. The lowest BCUT2D eigenvalue weighted by Gasteiger charge is -2.35. The average Bonchev–Trinajstić information content (AvgIpc) is 2.89. The van der Waals surface area contributed by atoms with E-state index in [0.717, 1.165) is 10.9 Å². The summed E-state index contributed by atoms with van der Waals surface area (Å²) >= 11 is 0. The monoisotopic (exact) mass is 338 g/mol. The van der Waals surface area contributed by atoms with Crippen LogP contribution in [0.25, 0.3) is 0 Å². The number of carbonyl (C=O) groups excluding carboxylic acids is 1. The third kappa shape index (κ3) is 3.64. The quantitative estimate of drug-likeness (QED) is 0.883. The summed E-state index contributed by atoms with van der Waals surface area (Å²) in [6.07, 6.45) is -0.848. The zero-order valence-electron chi connectivity index (χ0n) is 13.7. The molecule has 0 bridgehead atoms. The lowest BCUT2D eigenvalue weighted by atomic mass is 10.0. The molecule has 1 aliphatic heterocycles. The number of nitriles is 1. The number of halogens is 1. The molecule has 1 N–H and O–H groups in total. The molecule has 24 heavy (non-hydrogen) atoms. The van der Waals surface area contributed by atoms with Crippen molar-refractivity contribution in [2.75, 3.05) is 13.1 Å². The smallest absolute Gasteiger partial charge is 0.410 e. The van der Waals surface area contributed by atoms with Crippen LogP contribution in [0.5, 0.6) is 0 Å². The second kappa shape index (κ2) is 6.47. The second-order valence-corrected chi connectivity index (χ2v) is 6.57. The van der Waals surface area contributed by atoms with Gasteiger partial charge in [0, 0.05) is 6.54 Å². The Labute approximate surface area is 138 Å². The van der Waals surface area contributed by atoms with Gasteiger partial charge >= 0.3 is 12.1 Å². The molecule has 2 unspecified atom stereocenters. The first-order chi connectivity index (χ1) is 11.1. The van der Waals surface area contributed by atoms with Gasteiger partial charge in [0.2, 0.25) is 0 Å². The van der Waals surface area contributed by atoms with Crippen LogP contribution in [-0.4, -0.2) is 56.7 Å². The summed E-state index contributed by atoms with van der Waals surface area (Å²) < 4.78 is 20.8. The first kappa shape index (κ1) is 17.7. The van der Waals surface area contributed by atoms with Gasteiger partial charge in [0.05, 0.1) is 18.8 Å².